The molecule has 9 nitrogen and oxygen atoms in total. The van der Waals surface area contributed by atoms with Crippen LogP contribution in [0.4, 0.5) is 0 Å². The summed E-state index contributed by atoms with van der Waals surface area (Å²) in [6.45, 7) is 2.46. The number of nitrogens with zero attached hydrogens (tertiary/aromatic N) is 1. The van der Waals surface area contributed by atoms with E-state index in [0.29, 0.717) is 30.9 Å². The van der Waals surface area contributed by atoms with Crippen LogP contribution in [-0.4, -0.2) is 51.9 Å². The van der Waals surface area contributed by atoms with Gasteiger partial charge in [-0.3, -0.25) is 9.59 Å². The number of hydrogen-bond donors (Lipinski definition) is 2. The predicted molar refractivity (Wildman–Crippen MR) is 178 cm³/mol. The zero-order valence-electron chi connectivity index (χ0n) is 26.4. The van der Waals surface area contributed by atoms with Gasteiger partial charge in [0.1, 0.15) is 17.5 Å². The normalized spacial score (nSPS) is 11.8. The van der Waals surface area contributed by atoms with Crippen molar-refractivity contribution in [2.75, 3.05) is 20.8 Å². The Balaban J connectivity index is 1.61. The fourth-order valence-electron chi connectivity index (χ4n) is 5.13. The van der Waals surface area contributed by atoms with Crippen LogP contribution in [0.1, 0.15) is 35.6 Å². The van der Waals surface area contributed by atoms with Gasteiger partial charge < -0.3 is 19.7 Å². The Bertz CT molecular complexity index is 1680. The molecule has 0 saturated heterocycles. The van der Waals surface area contributed by atoms with Crippen LogP contribution in [0, 0.1) is 0 Å². The van der Waals surface area contributed by atoms with Gasteiger partial charge in [-0.1, -0.05) is 79.7 Å². The molecule has 0 aromatic heterocycles. The first-order chi connectivity index (χ1) is 22.2. The van der Waals surface area contributed by atoms with E-state index < -0.39 is 16.1 Å². The summed E-state index contributed by atoms with van der Waals surface area (Å²) in [6, 6.07) is 30.2. The molecule has 0 fully saturated rings. The molecule has 4 aromatic carbocycles. The molecule has 46 heavy (non-hydrogen) atoms. The van der Waals surface area contributed by atoms with Crippen LogP contribution in [-0.2, 0) is 45.5 Å². The minimum Gasteiger partial charge on any atom is -0.497 e. The van der Waals surface area contributed by atoms with Crippen LogP contribution >= 0.6 is 0 Å². The maximum atomic E-state index is 14.1. The topological polar surface area (TPSA) is 114 Å². The first-order valence-corrected chi connectivity index (χ1v) is 16.7. The zero-order chi connectivity index (χ0) is 32.9. The molecule has 0 aliphatic carbocycles. The smallest absolute Gasteiger partial charge is 0.243 e. The number of hydrogen-bond acceptors (Lipinski definition) is 6. The van der Waals surface area contributed by atoms with Gasteiger partial charge in [0.25, 0.3) is 0 Å². The predicted octanol–water partition coefficient (Wildman–Crippen LogP) is 4.89. The zero-order valence-corrected chi connectivity index (χ0v) is 27.3. The van der Waals surface area contributed by atoms with E-state index in [9.17, 15) is 18.0 Å². The van der Waals surface area contributed by atoms with Gasteiger partial charge in [-0.25, -0.2) is 13.1 Å². The third-order valence-corrected chi connectivity index (χ3v) is 9.19. The Labute approximate surface area is 271 Å². The average molecular weight is 644 g/mol. The molecular weight excluding hydrogens is 602 g/mol. The summed E-state index contributed by atoms with van der Waals surface area (Å²) in [5, 5.41) is 3.04. The van der Waals surface area contributed by atoms with Crippen LogP contribution in [0.5, 0.6) is 11.5 Å². The van der Waals surface area contributed by atoms with E-state index in [-0.39, 0.29) is 36.2 Å². The van der Waals surface area contributed by atoms with Crippen LogP contribution < -0.4 is 19.5 Å². The van der Waals surface area contributed by atoms with E-state index in [4.69, 9.17) is 9.47 Å². The lowest BCUT2D eigenvalue weighted by Crippen LogP contribution is -2.50. The molecule has 10 heteroatoms. The molecule has 4 rings (SSSR count). The molecular formula is C36H41N3O6S. The van der Waals surface area contributed by atoms with Crippen molar-refractivity contribution in [2.24, 2.45) is 0 Å². The molecule has 1 atom stereocenters. The third kappa shape index (κ3) is 9.42. The van der Waals surface area contributed by atoms with Crippen LogP contribution in [0.25, 0.3) is 0 Å². The number of carbonyl (C=O) groups excluding carboxylic acids is 2. The highest BCUT2D eigenvalue weighted by Crippen LogP contribution is 2.21. The van der Waals surface area contributed by atoms with Crippen molar-refractivity contribution >= 4 is 21.8 Å². The number of ether oxygens (including phenoxy) is 2. The van der Waals surface area contributed by atoms with E-state index in [1.54, 1.807) is 38.2 Å². The Morgan fingerprint density at radius 3 is 2.09 bits per heavy atom. The van der Waals surface area contributed by atoms with Gasteiger partial charge in [0.15, 0.2) is 0 Å². The maximum Gasteiger partial charge on any atom is 0.243 e. The minimum absolute atomic E-state index is 0.126. The highest BCUT2D eigenvalue weighted by atomic mass is 32.2. The number of carbonyl (C=O) groups is 2. The lowest BCUT2D eigenvalue weighted by Gasteiger charge is -2.32. The number of rotatable bonds is 16. The van der Waals surface area contributed by atoms with Crippen molar-refractivity contribution in [1.82, 2.24) is 14.9 Å². The SMILES string of the molecule is CCNS(=O)(=O)c1ccc(CCC(=O)N(Cc2ccc(OC)cc2)[C@H](Cc2ccccc2)C(=O)NCc2ccccc2OC)cc1. The van der Waals surface area contributed by atoms with Gasteiger partial charge in [-0.05, 0) is 53.4 Å². The van der Waals surface area contributed by atoms with Gasteiger partial charge in [-0.15, -0.1) is 0 Å². The monoisotopic (exact) mass is 643 g/mol. The van der Waals surface area contributed by atoms with E-state index in [1.807, 2.05) is 78.9 Å². The van der Waals surface area contributed by atoms with Crippen LogP contribution in [0.3, 0.4) is 0 Å². The largest absolute Gasteiger partial charge is 0.497 e. The number of amides is 2. The second kappa shape index (κ2) is 16.6. The number of sulfonamides is 1. The van der Waals surface area contributed by atoms with Crippen molar-refractivity contribution in [3.63, 3.8) is 0 Å². The van der Waals surface area contributed by atoms with Crippen LogP contribution in [0.2, 0.25) is 0 Å². The summed E-state index contributed by atoms with van der Waals surface area (Å²) in [5.74, 6) is 0.873. The Kier molecular flexibility index (Phi) is 12.3. The standard InChI is InChI=1S/C36H41N3O6S/c1-4-38-46(42,43)32-21-16-27(17-22-32)18-23-35(40)39(26-29-14-19-31(44-2)20-15-29)33(24-28-10-6-5-7-11-28)36(41)37-25-30-12-8-9-13-34(30)45-3/h5-17,19-22,33,38H,4,18,23-26H2,1-3H3,(H,37,41)/t33-/m1/s1. The second-order valence-corrected chi connectivity index (χ2v) is 12.5. The van der Waals surface area contributed by atoms with Crippen molar-refractivity contribution in [2.45, 2.75) is 50.2 Å². The van der Waals surface area contributed by atoms with Gasteiger partial charge in [0.05, 0.1) is 19.1 Å². The molecule has 2 N–H and O–H groups in total. The summed E-state index contributed by atoms with van der Waals surface area (Å²) >= 11 is 0. The number of aryl methyl sites for hydroxylation is 1. The first kappa shape index (κ1) is 34.2. The Morgan fingerprint density at radius 1 is 0.783 bits per heavy atom. The molecule has 0 saturated carbocycles. The molecule has 0 aliphatic heterocycles. The molecule has 4 aromatic rings. The fourth-order valence-corrected chi connectivity index (χ4v) is 6.18. The van der Waals surface area contributed by atoms with Crippen molar-refractivity contribution in [3.8, 4) is 11.5 Å². The molecule has 0 spiro atoms. The quantitative estimate of drug-likeness (QED) is 0.180. The number of para-hydroxylation sites is 1. The van der Waals surface area contributed by atoms with Crippen LogP contribution in [0.15, 0.2) is 108 Å². The molecule has 0 heterocycles. The third-order valence-electron chi connectivity index (χ3n) is 7.62. The number of benzene rings is 4. The van der Waals surface area contributed by atoms with Crippen molar-refractivity contribution < 1.29 is 27.5 Å². The lowest BCUT2D eigenvalue weighted by atomic mass is 10.0. The second-order valence-electron chi connectivity index (χ2n) is 10.8. The first-order valence-electron chi connectivity index (χ1n) is 15.2. The summed E-state index contributed by atoms with van der Waals surface area (Å²) < 4.78 is 38.0. The number of nitrogens with one attached hydrogen (secondary N) is 2. The summed E-state index contributed by atoms with van der Waals surface area (Å²) in [7, 11) is -0.400. The Hall–Kier alpha value is -4.67. The van der Waals surface area contributed by atoms with Gasteiger partial charge in [0.2, 0.25) is 21.8 Å². The van der Waals surface area contributed by atoms with E-state index in [2.05, 4.69) is 10.0 Å². The molecule has 0 aliphatic rings. The number of methoxy groups -OCH3 is 2. The average Bonchev–Trinajstić information content (AvgIpc) is 3.08. The van der Waals surface area contributed by atoms with Gasteiger partial charge in [-0.2, -0.15) is 0 Å². The van der Waals surface area contributed by atoms with Gasteiger partial charge >= 0.3 is 0 Å². The maximum absolute atomic E-state index is 14.1. The summed E-state index contributed by atoms with van der Waals surface area (Å²) in [4.78, 5) is 29.9. The van der Waals surface area contributed by atoms with E-state index >= 15 is 0 Å². The molecule has 0 unspecified atom stereocenters. The molecule has 2 amide bonds. The molecule has 242 valence electrons. The lowest BCUT2D eigenvalue weighted by molar-refractivity contribution is -0.141. The minimum atomic E-state index is -3.58. The van der Waals surface area contributed by atoms with Crippen molar-refractivity contribution in [3.05, 3.63) is 125 Å². The van der Waals surface area contributed by atoms with E-state index in [0.717, 1.165) is 22.3 Å². The van der Waals surface area contributed by atoms with Crippen molar-refractivity contribution in [1.29, 1.82) is 0 Å². The summed E-state index contributed by atoms with van der Waals surface area (Å²) in [6.07, 6.45) is 0.818. The highest BCUT2D eigenvalue weighted by Gasteiger charge is 2.30. The van der Waals surface area contributed by atoms with E-state index in [1.165, 1.54) is 12.1 Å². The molecule has 0 bridgehead atoms. The molecule has 0 radical (unpaired) electrons. The highest BCUT2D eigenvalue weighted by molar-refractivity contribution is 7.89. The summed E-state index contributed by atoms with van der Waals surface area (Å²) in [5.41, 5.74) is 3.41. The Morgan fingerprint density at radius 2 is 1.43 bits per heavy atom. The fraction of sp³-hybridized carbons (Fsp3) is 0.278. The van der Waals surface area contributed by atoms with Gasteiger partial charge in [0, 0.05) is 38.0 Å².